The summed E-state index contributed by atoms with van der Waals surface area (Å²) < 4.78 is 0. The van der Waals surface area contributed by atoms with Gasteiger partial charge in [0.25, 0.3) is 0 Å². The van der Waals surface area contributed by atoms with E-state index in [-0.39, 0.29) is 0 Å². The highest BCUT2D eigenvalue weighted by atomic mass is 32.2. The van der Waals surface area contributed by atoms with E-state index in [0.29, 0.717) is 5.25 Å². The van der Waals surface area contributed by atoms with Crippen LogP contribution in [0.3, 0.4) is 0 Å². The van der Waals surface area contributed by atoms with Gasteiger partial charge in [0, 0.05) is 10.9 Å². The molecule has 0 spiro atoms. The van der Waals surface area contributed by atoms with Gasteiger partial charge in [-0.3, -0.25) is 4.99 Å². The number of para-hydroxylation sites is 1. The van der Waals surface area contributed by atoms with E-state index in [0.717, 1.165) is 17.4 Å². The Balaban J connectivity index is 2.00. The number of rotatable bonds is 1. The predicted octanol–water partition coefficient (Wildman–Crippen LogP) is 2.59. The first-order valence-corrected chi connectivity index (χ1v) is 5.26. The molecule has 0 amide bonds. The summed E-state index contributed by atoms with van der Waals surface area (Å²) in [6.07, 6.45) is 0. The van der Waals surface area contributed by atoms with Crippen molar-refractivity contribution in [3.05, 3.63) is 30.3 Å². The fraction of sp³-hybridized carbons (Fsp3) is 0.300. The Morgan fingerprint density at radius 2 is 2.15 bits per heavy atom. The standard InChI is InChI=1S/C10H12N2S/c1-8-7-11-10(13-8)12-9-5-3-2-4-6-9/h2-6,8H,7H2,1H3,(H,11,12)/t8-/m1/s1. The Hall–Kier alpha value is -0.960. The number of aliphatic imine (C=N–C) groups is 1. The molecule has 0 fully saturated rings. The Labute approximate surface area is 82.5 Å². The number of amidine groups is 1. The molecular weight excluding hydrogens is 180 g/mol. The van der Waals surface area contributed by atoms with Crippen molar-refractivity contribution in [1.82, 2.24) is 0 Å². The maximum absolute atomic E-state index is 4.38. The molecule has 3 heteroatoms. The maximum atomic E-state index is 4.38. The molecule has 0 bridgehead atoms. The number of hydrogen-bond donors (Lipinski definition) is 1. The largest absolute Gasteiger partial charge is 0.335 e. The lowest BCUT2D eigenvalue weighted by molar-refractivity contribution is 0.976. The van der Waals surface area contributed by atoms with Crippen LogP contribution in [0.2, 0.25) is 0 Å². The van der Waals surface area contributed by atoms with Gasteiger partial charge >= 0.3 is 0 Å². The van der Waals surface area contributed by atoms with Crippen molar-refractivity contribution < 1.29 is 0 Å². The Morgan fingerprint density at radius 1 is 1.38 bits per heavy atom. The molecule has 0 saturated carbocycles. The normalized spacial score (nSPS) is 21.3. The third-order valence-electron chi connectivity index (χ3n) is 1.83. The molecule has 13 heavy (non-hydrogen) atoms. The highest BCUT2D eigenvalue weighted by Gasteiger charge is 2.14. The van der Waals surface area contributed by atoms with Crippen LogP contribution in [-0.4, -0.2) is 17.0 Å². The van der Waals surface area contributed by atoms with Crippen molar-refractivity contribution in [1.29, 1.82) is 0 Å². The molecule has 0 aromatic heterocycles. The summed E-state index contributed by atoms with van der Waals surface area (Å²) in [4.78, 5) is 4.38. The number of hydrogen-bond acceptors (Lipinski definition) is 3. The van der Waals surface area contributed by atoms with Gasteiger partial charge in [0.05, 0.1) is 6.54 Å². The molecule has 1 aliphatic rings. The van der Waals surface area contributed by atoms with Crippen LogP contribution in [0.25, 0.3) is 0 Å². The van der Waals surface area contributed by atoms with Crippen LogP contribution in [-0.2, 0) is 0 Å². The van der Waals surface area contributed by atoms with Gasteiger partial charge in [-0.1, -0.05) is 36.9 Å². The van der Waals surface area contributed by atoms with Gasteiger partial charge in [0.1, 0.15) is 0 Å². The Morgan fingerprint density at radius 3 is 2.77 bits per heavy atom. The smallest absolute Gasteiger partial charge is 0.161 e. The summed E-state index contributed by atoms with van der Waals surface area (Å²) in [5.41, 5.74) is 1.11. The predicted molar refractivity (Wildman–Crippen MR) is 59.4 cm³/mol. The summed E-state index contributed by atoms with van der Waals surface area (Å²) in [5, 5.41) is 4.94. The van der Waals surface area contributed by atoms with E-state index in [2.05, 4.69) is 17.2 Å². The first kappa shape index (κ1) is 8.63. The Kier molecular flexibility index (Phi) is 2.54. The molecule has 1 aliphatic heterocycles. The van der Waals surface area contributed by atoms with E-state index >= 15 is 0 Å². The monoisotopic (exact) mass is 192 g/mol. The fourth-order valence-corrected chi connectivity index (χ4v) is 2.05. The van der Waals surface area contributed by atoms with E-state index in [1.807, 2.05) is 30.3 Å². The second kappa shape index (κ2) is 3.83. The molecule has 2 rings (SSSR count). The molecular formula is C10H12N2S. The van der Waals surface area contributed by atoms with Crippen LogP contribution in [0, 0.1) is 0 Å². The average Bonchev–Trinajstić information content (AvgIpc) is 2.53. The zero-order valence-corrected chi connectivity index (χ0v) is 8.34. The minimum atomic E-state index is 0.617. The SMILES string of the molecule is C[C@@H]1CN=C(Nc2ccccc2)S1. The van der Waals surface area contributed by atoms with Gasteiger partial charge in [-0.15, -0.1) is 0 Å². The molecule has 2 nitrogen and oxygen atoms in total. The molecule has 1 N–H and O–H groups in total. The van der Waals surface area contributed by atoms with Crippen molar-refractivity contribution in [2.45, 2.75) is 12.2 Å². The molecule has 0 unspecified atom stereocenters. The number of anilines is 1. The maximum Gasteiger partial charge on any atom is 0.161 e. The topological polar surface area (TPSA) is 24.4 Å². The highest BCUT2D eigenvalue weighted by Crippen LogP contribution is 2.21. The van der Waals surface area contributed by atoms with Gasteiger partial charge in [0.15, 0.2) is 5.17 Å². The third-order valence-corrected chi connectivity index (χ3v) is 2.84. The van der Waals surface area contributed by atoms with Crippen molar-refractivity contribution >= 4 is 22.6 Å². The lowest BCUT2D eigenvalue weighted by Crippen LogP contribution is -2.05. The van der Waals surface area contributed by atoms with E-state index in [1.165, 1.54) is 0 Å². The number of thioether (sulfide) groups is 1. The molecule has 0 radical (unpaired) electrons. The van der Waals surface area contributed by atoms with Gasteiger partial charge in [0.2, 0.25) is 0 Å². The molecule has 1 aromatic rings. The Bertz CT molecular complexity index is 308. The lowest BCUT2D eigenvalue weighted by Gasteiger charge is -2.04. The highest BCUT2D eigenvalue weighted by molar-refractivity contribution is 8.15. The molecule has 0 saturated heterocycles. The van der Waals surface area contributed by atoms with Gasteiger partial charge in [-0.2, -0.15) is 0 Å². The molecule has 68 valence electrons. The molecule has 0 aliphatic carbocycles. The molecule has 1 atom stereocenters. The van der Waals surface area contributed by atoms with Crippen LogP contribution in [0.15, 0.2) is 35.3 Å². The summed E-state index contributed by atoms with van der Waals surface area (Å²) in [6, 6.07) is 10.1. The van der Waals surface area contributed by atoms with Crippen LogP contribution >= 0.6 is 11.8 Å². The number of benzene rings is 1. The van der Waals surface area contributed by atoms with Gasteiger partial charge < -0.3 is 5.32 Å². The zero-order valence-electron chi connectivity index (χ0n) is 7.53. The van der Waals surface area contributed by atoms with Crippen molar-refractivity contribution in [2.24, 2.45) is 4.99 Å². The van der Waals surface area contributed by atoms with E-state index in [1.54, 1.807) is 11.8 Å². The number of nitrogens with zero attached hydrogens (tertiary/aromatic N) is 1. The first-order chi connectivity index (χ1) is 6.34. The summed E-state index contributed by atoms with van der Waals surface area (Å²) >= 11 is 1.80. The minimum absolute atomic E-state index is 0.617. The van der Waals surface area contributed by atoms with E-state index < -0.39 is 0 Å². The average molecular weight is 192 g/mol. The second-order valence-electron chi connectivity index (χ2n) is 3.07. The van der Waals surface area contributed by atoms with E-state index in [4.69, 9.17) is 0 Å². The van der Waals surface area contributed by atoms with Crippen LogP contribution in [0.1, 0.15) is 6.92 Å². The minimum Gasteiger partial charge on any atom is -0.335 e. The van der Waals surface area contributed by atoms with Crippen LogP contribution < -0.4 is 5.32 Å². The summed E-state index contributed by atoms with van der Waals surface area (Å²) in [6.45, 7) is 3.12. The lowest BCUT2D eigenvalue weighted by atomic mass is 10.3. The van der Waals surface area contributed by atoms with Crippen LogP contribution in [0.5, 0.6) is 0 Å². The number of nitrogens with one attached hydrogen (secondary N) is 1. The fourth-order valence-electron chi connectivity index (χ4n) is 1.19. The molecule has 1 heterocycles. The van der Waals surface area contributed by atoms with E-state index in [9.17, 15) is 0 Å². The molecule has 1 aromatic carbocycles. The zero-order chi connectivity index (χ0) is 9.10. The van der Waals surface area contributed by atoms with Gasteiger partial charge in [-0.05, 0) is 12.1 Å². The van der Waals surface area contributed by atoms with Crippen molar-refractivity contribution in [3.8, 4) is 0 Å². The second-order valence-corrected chi connectivity index (χ2v) is 4.49. The summed E-state index contributed by atoms with van der Waals surface area (Å²) in [7, 11) is 0. The third kappa shape index (κ3) is 2.25. The van der Waals surface area contributed by atoms with Gasteiger partial charge in [-0.25, -0.2) is 0 Å². The van der Waals surface area contributed by atoms with Crippen LogP contribution in [0.4, 0.5) is 5.69 Å². The summed E-state index contributed by atoms with van der Waals surface area (Å²) in [5.74, 6) is 0. The van der Waals surface area contributed by atoms with Crippen molar-refractivity contribution in [2.75, 3.05) is 11.9 Å². The van der Waals surface area contributed by atoms with Crippen molar-refractivity contribution in [3.63, 3.8) is 0 Å². The first-order valence-electron chi connectivity index (χ1n) is 4.38. The quantitative estimate of drug-likeness (QED) is 0.739.